The van der Waals surface area contributed by atoms with Gasteiger partial charge in [0.1, 0.15) is 0 Å². The van der Waals surface area contributed by atoms with E-state index in [0.29, 0.717) is 13.1 Å². The van der Waals surface area contributed by atoms with Crippen molar-refractivity contribution >= 4 is 17.2 Å². The molecule has 0 saturated heterocycles. The maximum atomic E-state index is 11.3. The van der Waals surface area contributed by atoms with Crippen molar-refractivity contribution in [3.63, 3.8) is 0 Å². The molecule has 3 N–H and O–H groups in total. The zero-order valence-electron chi connectivity index (χ0n) is 8.79. The van der Waals surface area contributed by atoms with Crippen LogP contribution in [0.3, 0.4) is 0 Å². The van der Waals surface area contributed by atoms with E-state index in [1.807, 2.05) is 13.8 Å². The predicted octanol–water partition coefficient (Wildman–Crippen LogP) is 0.0506. The van der Waals surface area contributed by atoms with Gasteiger partial charge in [0.15, 0.2) is 0 Å². The number of carbonyl (C=O) groups is 1. The minimum atomic E-state index is -0.0976. The summed E-state index contributed by atoms with van der Waals surface area (Å²) >= 11 is 1.10. The van der Waals surface area contributed by atoms with E-state index < -0.39 is 0 Å². The van der Waals surface area contributed by atoms with Crippen molar-refractivity contribution in [2.45, 2.75) is 26.4 Å². The van der Waals surface area contributed by atoms with Gasteiger partial charge in [-0.15, -0.1) is 0 Å². The summed E-state index contributed by atoms with van der Waals surface area (Å²) in [6.07, 6.45) is 0. The maximum absolute atomic E-state index is 11.3. The molecule has 0 aliphatic carbocycles. The zero-order valence-corrected chi connectivity index (χ0v) is 9.61. The Morgan fingerprint density at radius 2 is 2.33 bits per heavy atom. The van der Waals surface area contributed by atoms with E-state index in [1.165, 1.54) is 0 Å². The minimum Gasteiger partial charge on any atom is -0.349 e. The molecule has 84 valence electrons. The Bertz CT molecular complexity index is 369. The molecule has 1 aromatic heterocycles. The lowest BCUT2D eigenvalue weighted by Gasteiger charge is -2.07. The molecule has 0 aliphatic rings. The summed E-state index contributed by atoms with van der Waals surface area (Å²) in [5, 5.41) is 7.41. The first kappa shape index (κ1) is 11.9. The number of aromatic nitrogens is 1. The van der Waals surface area contributed by atoms with Crippen LogP contribution in [0.5, 0.6) is 0 Å². The molecule has 6 heteroatoms. The minimum absolute atomic E-state index is 0.0734. The van der Waals surface area contributed by atoms with Crippen LogP contribution in [0.1, 0.15) is 19.5 Å². The fraction of sp³-hybridized carbons (Fsp3) is 0.556. The molecular formula is C9H15N3O2S. The molecule has 0 aromatic carbocycles. The Kier molecular flexibility index (Phi) is 4.51. The molecule has 1 heterocycles. The predicted molar refractivity (Wildman–Crippen MR) is 59.9 cm³/mol. The first-order valence-electron chi connectivity index (χ1n) is 4.74. The molecule has 1 amide bonds. The fourth-order valence-corrected chi connectivity index (χ4v) is 1.54. The van der Waals surface area contributed by atoms with Crippen LogP contribution < -0.4 is 15.5 Å². The zero-order chi connectivity index (χ0) is 11.3. The Labute approximate surface area is 91.9 Å². The molecule has 0 unspecified atom stereocenters. The maximum Gasteiger partial charge on any atom is 0.304 e. The van der Waals surface area contributed by atoms with Crippen molar-refractivity contribution < 1.29 is 4.79 Å². The van der Waals surface area contributed by atoms with Crippen LogP contribution in [0.25, 0.3) is 0 Å². The average molecular weight is 229 g/mol. The molecule has 0 atom stereocenters. The lowest BCUT2D eigenvalue weighted by atomic mass is 10.4. The first-order chi connectivity index (χ1) is 7.08. The van der Waals surface area contributed by atoms with Gasteiger partial charge in [0.25, 0.3) is 0 Å². The van der Waals surface area contributed by atoms with Crippen LogP contribution in [0.4, 0.5) is 0 Å². The smallest absolute Gasteiger partial charge is 0.304 e. The second kappa shape index (κ2) is 5.67. The van der Waals surface area contributed by atoms with Gasteiger partial charge in [0.05, 0.1) is 13.1 Å². The second-order valence-electron chi connectivity index (χ2n) is 3.49. The quantitative estimate of drug-likeness (QED) is 0.668. The topological polar surface area (TPSA) is 74.0 Å². The molecule has 1 rings (SSSR count). The summed E-state index contributed by atoms with van der Waals surface area (Å²) in [6.45, 7) is 4.62. The molecule has 5 nitrogen and oxygen atoms in total. The summed E-state index contributed by atoms with van der Waals surface area (Å²) in [7, 11) is 0. The Morgan fingerprint density at radius 3 is 2.87 bits per heavy atom. The van der Waals surface area contributed by atoms with Crippen molar-refractivity contribution in [2.24, 2.45) is 0 Å². The number of thiazole rings is 1. The largest absolute Gasteiger partial charge is 0.349 e. The number of carbonyl (C=O) groups excluding carboxylic acids is 1. The van der Waals surface area contributed by atoms with E-state index in [-0.39, 0.29) is 16.8 Å². The van der Waals surface area contributed by atoms with Crippen LogP contribution in [0.2, 0.25) is 0 Å². The highest BCUT2D eigenvalue weighted by molar-refractivity contribution is 7.07. The Morgan fingerprint density at radius 1 is 1.60 bits per heavy atom. The summed E-state index contributed by atoms with van der Waals surface area (Å²) in [5.74, 6) is -0.0734. The Balaban J connectivity index is 2.25. The highest BCUT2D eigenvalue weighted by atomic mass is 32.1. The summed E-state index contributed by atoms with van der Waals surface area (Å²) in [6, 6.07) is 0.289. The third-order valence-corrected chi connectivity index (χ3v) is 2.44. The lowest BCUT2D eigenvalue weighted by Crippen LogP contribution is -2.36. The van der Waals surface area contributed by atoms with Crippen molar-refractivity contribution in [2.75, 3.05) is 6.54 Å². The normalized spacial score (nSPS) is 10.6. The van der Waals surface area contributed by atoms with Crippen molar-refractivity contribution in [3.05, 3.63) is 20.7 Å². The van der Waals surface area contributed by atoms with E-state index in [2.05, 4.69) is 15.6 Å². The van der Waals surface area contributed by atoms with Crippen LogP contribution in [0.15, 0.2) is 10.2 Å². The third kappa shape index (κ3) is 4.75. The van der Waals surface area contributed by atoms with E-state index in [9.17, 15) is 9.59 Å². The number of aromatic amines is 1. The molecule has 0 saturated carbocycles. The van der Waals surface area contributed by atoms with Crippen LogP contribution in [-0.2, 0) is 11.3 Å². The van der Waals surface area contributed by atoms with Crippen LogP contribution >= 0.6 is 11.3 Å². The van der Waals surface area contributed by atoms with E-state index in [4.69, 9.17) is 0 Å². The van der Waals surface area contributed by atoms with Crippen LogP contribution in [-0.4, -0.2) is 23.5 Å². The summed E-state index contributed by atoms with van der Waals surface area (Å²) in [4.78, 5) is 24.6. The molecule has 0 radical (unpaired) electrons. The van der Waals surface area contributed by atoms with Gasteiger partial charge in [-0.1, -0.05) is 25.2 Å². The molecule has 0 bridgehead atoms. The van der Waals surface area contributed by atoms with E-state index in [0.717, 1.165) is 17.0 Å². The van der Waals surface area contributed by atoms with Gasteiger partial charge in [-0.2, -0.15) is 0 Å². The highest BCUT2D eigenvalue weighted by Gasteiger charge is 2.02. The average Bonchev–Trinajstić information content (AvgIpc) is 2.58. The molecule has 0 spiro atoms. The highest BCUT2D eigenvalue weighted by Crippen LogP contribution is 1.93. The molecular weight excluding hydrogens is 214 g/mol. The number of hydrogen-bond donors (Lipinski definition) is 3. The summed E-state index contributed by atoms with van der Waals surface area (Å²) < 4.78 is 0. The number of nitrogens with one attached hydrogen (secondary N) is 3. The van der Waals surface area contributed by atoms with Crippen molar-refractivity contribution in [1.82, 2.24) is 15.6 Å². The third-order valence-electron chi connectivity index (χ3n) is 1.72. The fourth-order valence-electron chi connectivity index (χ4n) is 0.954. The van der Waals surface area contributed by atoms with Gasteiger partial charge in [-0.25, -0.2) is 0 Å². The van der Waals surface area contributed by atoms with Gasteiger partial charge in [-0.05, 0) is 0 Å². The van der Waals surface area contributed by atoms with Crippen LogP contribution in [0, 0.1) is 0 Å². The van der Waals surface area contributed by atoms with Gasteiger partial charge < -0.3 is 15.6 Å². The molecule has 1 aromatic rings. The van der Waals surface area contributed by atoms with E-state index in [1.54, 1.807) is 5.38 Å². The van der Waals surface area contributed by atoms with Gasteiger partial charge in [-0.3, -0.25) is 9.59 Å². The SMILES string of the molecule is CC(C)NCC(=O)NCc1csc(=O)[nH]1. The van der Waals surface area contributed by atoms with Gasteiger partial charge in [0, 0.05) is 17.1 Å². The van der Waals surface area contributed by atoms with Gasteiger partial charge in [0.2, 0.25) is 5.91 Å². The van der Waals surface area contributed by atoms with Gasteiger partial charge >= 0.3 is 4.87 Å². The molecule has 15 heavy (non-hydrogen) atoms. The summed E-state index contributed by atoms with van der Waals surface area (Å²) in [5.41, 5.74) is 0.739. The molecule has 0 fully saturated rings. The monoisotopic (exact) mass is 229 g/mol. The second-order valence-corrected chi connectivity index (χ2v) is 4.33. The first-order valence-corrected chi connectivity index (χ1v) is 5.62. The van der Waals surface area contributed by atoms with Crippen molar-refractivity contribution in [1.29, 1.82) is 0 Å². The Hall–Kier alpha value is -1.14. The standard InChI is InChI=1S/C9H15N3O2S/c1-6(2)10-4-8(13)11-3-7-5-15-9(14)12-7/h5-6,10H,3-4H2,1-2H3,(H,11,13)(H,12,14). The lowest BCUT2D eigenvalue weighted by molar-refractivity contribution is -0.120. The molecule has 0 aliphatic heterocycles. The number of amides is 1. The van der Waals surface area contributed by atoms with E-state index >= 15 is 0 Å². The number of rotatable bonds is 5. The van der Waals surface area contributed by atoms with Crippen molar-refractivity contribution in [3.8, 4) is 0 Å². The number of H-pyrrole nitrogens is 1. The number of hydrogen-bond acceptors (Lipinski definition) is 4.